The van der Waals surface area contributed by atoms with E-state index < -0.39 is 0 Å². The van der Waals surface area contributed by atoms with Gasteiger partial charge in [0, 0.05) is 13.3 Å². The lowest BCUT2D eigenvalue weighted by Gasteiger charge is -2.14. The molecule has 0 aliphatic carbocycles. The van der Waals surface area contributed by atoms with Crippen LogP contribution in [0.15, 0.2) is 52.3 Å². The number of pyridine rings is 1. The Hall–Kier alpha value is -3.21. The van der Waals surface area contributed by atoms with Crippen molar-refractivity contribution < 1.29 is 19.0 Å². The van der Waals surface area contributed by atoms with Gasteiger partial charge in [-0.25, -0.2) is 0 Å². The summed E-state index contributed by atoms with van der Waals surface area (Å²) in [4.78, 5) is 32.8. The van der Waals surface area contributed by atoms with Gasteiger partial charge in [0.15, 0.2) is 11.5 Å². The molecule has 0 N–H and O–H groups in total. The number of nitrogens with zero attached hydrogens (tertiary/aromatic N) is 3. The summed E-state index contributed by atoms with van der Waals surface area (Å²) in [7, 11) is 3.08. The van der Waals surface area contributed by atoms with Crippen LogP contribution in [0, 0.1) is 6.92 Å². The second-order valence-corrected chi connectivity index (χ2v) is 8.78. The number of methoxy groups -OCH3 is 2. The zero-order valence-corrected chi connectivity index (χ0v) is 19.9. The first-order valence-corrected chi connectivity index (χ1v) is 11.2. The maximum atomic E-state index is 13.5. The third kappa shape index (κ3) is 4.50. The van der Waals surface area contributed by atoms with Crippen LogP contribution in [0.1, 0.15) is 11.1 Å². The number of benzene rings is 1. The lowest BCUT2D eigenvalue weighted by Crippen LogP contribution is -2.31. The topological polar surface area (TPSA) is 82.4 Å². The van der Waals surface area contributed by atoms with E-state index in [9.17, 15) is 9.59 Å². The molecule has 0 unspecified atom stereocenters. The normalized spacial score (nSPS) is 15.0. The number of para-hydroxylation sites is 2. The monoisotopic (exact) mass is 483 g/mol. The molecule has 10 heteroatoms. The van der Waals surface area contributed by atoms with Crippen molar-refractivity contribution in [2.45, 2.75) is 6.92 Å². The van der Waals surface area contributed by atoms with Gasteiger partial charge in [0.25, 0.3) is 11.5 Å². The average molecular weight is 484 g/mol. The summed E-state index contributed by atoms with van der Waals surface area (Å²) in [5, 5.41) is 0. The van der Waals surface area contributed by atoms with Gasteiger partial charge >= 0.3 is 0 Å². The van der Waals surface area contributed by atoms with Crippen molar-refractivity contribution in [2.75, 3.05) is 27.4 Å². The van der Waals surface area contributed by atoms with E-state index in [2.05, 4.69) is 4.98 Å². The first-order chi connectivity index (χ1) is 15.9. The van der Waals surface area contributed by atoms with E-state index in [-0.39, 0.29) is 22.9 Å². The molecule has 0 radical (unpaired) electrons. The van der Waals surface area contributed by atoms with Crippen molar-refractivity contribution >= 4 is 45.9 Å². The quantitative estimate of drug-likeness (QED) is 0.372. The molecule has 33 heavy (non-hydrogen) atoms. The highest BCUT2D eigenvalue weighted by Crippen LogP contribution is 2.35. The fraction of sp³-hybridized carbons (Fsp3) is 0.217. The molecule has 1 aromatic carbocycles. The molecule has 8 nitrogen and oxygen atoms in total. The number of fused-ring (bicyclic) bond motifs is 1. The van der Waals surface area contributed by atoms with Crippen LogP contribution in [-0.4, -0.2) is 51.9 Å². The number of hydrogen-bond acceptors (Lipinski definition) is 8. The van der Waals surface area contributed by atoms with Gasteiger partial charge in [0.1, 0.15) is 15.5 Å². The highest BCUT2D eigenvalue weighted by atomic mass is 32.2. The zero-order chi connectivity index (χ0) is 23.5. The van der Waals surface area contributed by atoms with Gasteiger partial charge in [0.2, 0.25) is 5.88 Å². The summed E-state index contributed by atoms with van der Waals surface area (Å²) in [6.07, 6.45) is 3.12. The maximum Gasteiger partial charge on any atom is 0.269 e. The first-order valence-electron chi connectivity index (χ1n) is 10.0. The predicted molar refractivity (Wildman–Crippen MR) is 131 cm³/mol. The number of amides is 1. The minimum atomic E-state index is -0.365. The van der Waals surface area contributed by atoms with Crippen LogP contribution in [0.2, 0.25) is 0 Å². The van der Waals surface area contributed by atoms with Crippen molar-refractivity contribution in [1.82, 2.24) is 14.3 Å². The molecule has 3 aromatic rings. The third-order valence-corrected chi connectivity index (χ3v) is 6.37. The molecule has 0 saturated carbocycles. The van der Waals surface area contributed by atoms with E-state index in [4.69, 9.17) is 26.4 Å². The number of carbonyl (C=O) groups excluding carboxylic acids is 1. The lowest BCUT2D eigenvalue weighted by atomic mass is 10.2. The fourth-order valence-corrected chi connectivity index (χ4v) is 4.60. The van der Waals surface area contributed by atoms with Crippen LogP contribution in [0.5, 0.6) is 17.4 Å². The first kappa shape index (κ1) is 23.0. The summed E-state index contributed by atoms with van der Waals surface area (Å²) in [5.74, 6) is 0.660. The second kappa shape index (κ2) is 9.74. The van der Waals surface area contributed by atoms with Crippen LogP contribution in [0.4, 0.5) is 0 Å². The number of ether oxygens (including phenoxy) is 3. The lowest BCUT2D eigenvalue weighted by molar-refractivity contribution is -0.122. The summed E-state index contributed by atoms with van der Waals surface area (Å²) in [5.41, 5.74) is 1.03. The average Bonchev–Trinajstić information content (AvgIpc) is 3.08. The predicted octanol–water partition coefficient (Wildman–Crippen LogP) is 3.65. The molecule has 170 valence electrons. The number of carbonyl (C=O) groups is 1. The van der Waals surface area contributed by atoms with Gasteiger partial charge in [-0.1, -0.05) is 42.2 Å². The number of rotatable bonds is 7. The number of aromatic nitrogens is 2. The Morgan fingerprint density at radius 2 is 1.88 bits per heavy atom. The molecule has 1 aliphatic rings. The van der Waals surface area contributed by atoms with Crippen molar-refractivity contribution in [3.63, 3.8) is 0 Å². The van der Waals surface area contributed by atoms with E-state index in [1.807, 2.05) is 19.1 Å². The molecule has 1 amide bonds. The molecule has 2 aromatic heterocycles. The standard InChI is InChI=1S/C23H21N3O5S2/c1-14-7-6-10-25-19(14)24-20(31-17-9-5-4-8-16(17)30-3)15(21(25)27)13-18-22(28)26(11-12-29-2)23(32)33-18/h4-10,13H,11-12H2,1-3H3/b18-13-. The molecule has 3 heterocycles. The van der Waals surface area contributed by atoms with Gasteiger partial charge in [-0.3, -0.25) is 18.9 Å². The van der Waals surface area contributed by atoms with Crippen molar-refractivity contribution in [1.29, 1.82) is 0 Å². The minimum absolute atomic E-state index is 0.0703. The van der Waals surface area contributed by atoms with E-state index in [0.29, 0.717) is 39.5 Å². The van der Waals surface area contributed by atoms with Crippen LogP contribution < -0.4 is 15.0 Å². The van der Waals surface area contributed by atoms with Crippen LogP contribution >= 0.6 is 24.0 Å². The summed E-state index contributed by atoms with van der Waals surface area (Å²) < 4.78 is 18.3. The second-order valence-electron chi connectivity index (χ2n) is 7.10. The molecule has 4 rings (SSSR count). The Kier molecular flexibility index (Phi) is 6.77. The fourth-order valence-electron chi connectivity index (χ4n) is 3.31. The number of thiocarbonyl (C=S) groups is 1. The van der Waals surface area contributed by atoms with Gasteiger partial charge in [-0.2, -0.15) is 4.98 Å². The van der Waals surface area contributed by atoms with Crippen molar-refractivity contribution in [2.24, 2.45) is 0 Å². The number of thioether (sulfide) groups is 1. The molecule has 1 aliphatic heterocycles. The van der Waals surface area contributed by atoms with Gasteiger partial charge in [-0.05, 0) is 36.8 Å². The molecule has 1 saturated heterocycles. The van der Waals surface area contributed by atoms with E-state index in [1.165, 1.54) is 22.5 Å². The molecular formula is C23H21N3O5S2. The van der Waals surface area contributed by atoms with E-state index in [0.717, 1.165) is 17.3 Å². The Morgan fingerprint density at radius 1 is 1.12 bits per heavy atom. The van der Waals surface area contributed by atoms with E-state index in [1.54, 1.807) is 37.6 Å². The summed E-state index contributed by atoms with van der Waals surface area (Å²) >= 11 is 6.47. The Morgan fingerprint density at radius 3 is 2.61 bits per heavy atom. The highest BCUT2D eigenvalue weighted by Gasteiger charge is 2.32. The summed E-state index contributed by atoms with van der Waals surface area (Å²) in [6, 6.07) is 10.7. The van der Waals surface area contributed by atoms with Crippen molar-refractivity contribution in [3.05, 3.63) is 69.0 Å². The molecule has 0 atom stereocenters. The highest BCUT2D eigenvalue weighted by molar-refractivity contribution is 8.26. The number of hydrogen-bond donors (Lipinski definition) is 0. The Labute approximate surface area is 199 Å². The van der Waals surface area contributed by atoms with E-state index >= 15 is 0 Å². The zero-order valence-electron chi connectivity index (χ0n) is 18.2. The molecular weight excluding hydrogens is 462 g/mol. The van der Waals surface area contributed by atoms with Gasteiger partial charge in [0.05, 0.1) is 25.2 Å². The van der Waals surface area contributed by atoms with Crippen LogP contribution in [0.25, 0.3) is 11.7 Å². The number of aryl methyl sites for hydroxylation is 1. The van der Waals surface area contributed by atoms with Crippen LogP contribution in [-0.2, 0) is 9.53 Å². The Balaban J connectivity index is 1.86. The molecule has 0 spiro atoms. The minimum Gasteiger partial charge on any atom is -0.493 e. The smallest absolute Gasteiger partial charge is 0.269 e. The summed E-state index contributed by atoms with van der Waals surface area (Å²) in [6.45, 7) is 2.54. The maximum absolute atomic E-state index is 13.5. The largest absolute Gasteiger partial charge is 0.493 e. The molecule has 1 fully saturated rings. The third-order valence-electron chi connectivity index (χ3n) is 4.99. The van der Waals surface area contributed by atoms with Crippen molar-refractivity contribution in [3.8, 4) is 17.4 Å². The molecule has 0 bridgehead atoms. The van der Waals surface area contributed by atoms with Crippen LogP contribution in [0.3, 0.4) is 0 Å². The van der Waals surface area contributed by atoms with Gasteiger partial charge in [-0.15, -0.1) is 0 Å². The van der Waals surface area contributed by atoms with Gasteiger partial charge < -0.3 is 14.2 Å². The Bertz CT molecular complexity index is 1340. The SMILES string of the molecule is COCCN1C(=O)/C(=C/c2c(Oc3ccccc3OC)nc3c(C)cccn3c2=O)SC1=S.